The molecule has 1 heterocycles. The fourth-order valence-corrected chi connectivity index (χ4v) is 2.49. The number of amides is 3. The number of ether oxygens (including phenoxy) is 1. The molecule has 2 N–H and O–H groups in total. The Labute approximate surface area is 139 Å². The molecule has 0 aliphatic rings. The minimum absolute atomic E-state index is 0.0978. The van der Waals surface area contributed by atoms with Crippen LogP contribution in [0, 0.1) is 10.1 Å². The van der Waals surface area contributed by atoms with E-state index in [2.05, 4.69) is 10.1 Å². The first-order chi connectivity index (χ1) is 11.4. The second-order valence-corrected chi connectivity index (χ2v) is 5.28. The van der Waals surface area contributed by atoms with Crippen molar-refractivity contribution in [2.24, 2.45) is 0 Å². The number of carbonyl (C=O) groups is 3. The Morgan fingerprint density at radius 3 is 2.38 bits per heavy atom. The van der Waals surface area contributed by atoms with Gasteiger partial charge in [0, 0.05) is 17.7 Å². The first-order valence-corrected chi connectivity index (χ1v) is 7.33. The number of rotatable bonds is 4. The van der Waals surface area contributed by atoms with Gasteiger partial charge in [-0.15, -0.1) is 11.3 Å². The van der Waals surface area contributed by atoms with Crippen LogP contribution in [0.2, 0.25) is 0 Å². The van der Waals surface area contributed by atoms with E-state index in [0.29, 0.717) is 0 Å². The van der Waals surface area contributed by atoms with Crippen molar-refractivity contribution in [3.05, 3.63) is 57.0 Å². The van der Waals surface area contributed by atoms with E-state index in [1.54, 1.807) is 5.38 Å². The molecule has 9 nitrogen and oxygen atoms in total. The van der Waals surface area contributed by atoms with Gasteiger partial charge in [0.25, 0.3) is 17.5 Å². The summed E-state index contributed by atoms with van der Waals surface area (Å²) in [5.41, 5.74) is 0.148. The minimum atomic E-state index is -0.918. The van der Waals surface area contributed by atoms with E-state index >= 15 is 0 Å². The highest BCUT2D eigenvalue weighted by molar-refractivity contribution is 7.14. The lowest BCUT2D eigenvalue weighted by molar-refractivity contribution is -0.384. The van der Waals surface area contributed by atoms with E-state index in [1.807, 2.05) is 5.32 Å². The third-order valence-electron chi connectivity index (χ3n) is 2.88. The van der Waals surface area contributed by atoms with Gasteiger partial charge in [-0.2, -0.15) is 0 Å². The lowest BCUT2D eigenvalue weighted by Gasteiger charge is -2.06. The van der Waals surface area contributed by atoms with Crippen LogP contribution in [0.25, 0.3) is 0 Å². The van der Waals surface area contributed by atoms with Crippen LogP contribution in [0.15, 0.2) is 35.7 Å². The number of hydrogen-bond donors (Lipinski definition) is 2. The second-order valence-electron chi connectivity index (χ2n) is 4.37. The van der Waals surface area contributed by atoms with Gasteiger partial charge in [-0.25, -0.2) is 4.79 Å². The third kappa shape index (κ3) is 3.93. The molecule has 1 aromatic heterocycles. The number of thiophene rings is 1. The zero-order valence-corrected chi connectivity index (χ0v) is 13.1. The highest BCUT2D eigenvalue weighted by atomic mass is 32.1. The molecule has 2 rings (SSSR count). The number of imide groups is 1. The topological polar surface area (TPSA) is 128 Å². The summed E-state index contributed by atoms with van der Waals surface area (Å²) in [6, 6.07) is 6.45. The maximum Gasteiger partial charge on any atom is 0.413 e. The van der Waals surface area contributed by atoms with E-state index in [-0.39, 0.29) is 21.8 Å². The molecule has 0 radical (unpaired) electrons. The molecule has 124 valence electrons. The fourth-order valence-electron chi connectivity index (χ4n) is 1.71. The van der Waals surface area contributed by atoms with Gasteiger partial charge in [-0.3, -0.25) is 25.0 Å². The van der Waals surface area contributed by atoms with Gasteiger partial charge < -0.3 is 10.1 Å². The molecular formula is C14H11N3O6S. The Kier molecular flexibility index (Phi) is 5.22. The summed E-state index contributed by atoms with van der Waals surface area (Å²) >= 11 is 1.09. The van der Waals surface area contributed by atoms with Gasteiger partial charge in [0.05, 0.1) is 17.6 Å². The SMILES string of the molecule is COC(=O)NC(=O)c1ccsc1NC(=O)c1ccc([N+](=O)[O-])cc1. The third-order valence-corrected chi connectivity index (χ3v) is 3.71. The van der Waals surface area contributed by atoms with Crippen molar-refractivity contribution in [3.63, 3.8) is 0 Å². The predicted molar refractivity (Wildman–Crippen MR) is 85.2 cm³/mol. The molecule has 10 heteroatoms. The number of hydrogen-bond acceptors (Lipinski definition) is 7. The van der Waals surface area contributed by atoms with Gasteiger partial charge in [0.2, 0.25) is 0 Å². The Morgan fingerprint density at radius 2 is 1.79 bits per heavy atom. The van der Waals surface area contributed by atoms with Crippen LogP contribution in [0.5, 0.6) is 0 Å². The van der Waals surface area contributed by atoms with Crippen LogP contribution in [-0.4, -0.2) is 29.9 Å². The van der Waals surface area contributed by atoms with Gasteiger partial charge in [-0.1, -0.05) is 0 Å². The molecule has 24 heavy (non-hydrogen) atoms. The van der Waals surface area contributed by atoms with Gasteiger partial charge in [0.15, 0.2) is 0 Å². The van der Waals surface area contributed by atoms with Crippen molar-refractivity contribution in [2.45, 2.75) is 0 Å². The van der Waals surface area contributed by atoms with Crippen molar-refractivity contribution in [1.82, 2.24) is 5.32 Å². The van der Waals surface area contributed by atoms with Crippen molar-refractivity contribution in [3.8, 4) is 0 Å². The van der Waals surface area contributed by atoms with Crippen LogP contribution in [0.3, 0.4) is 0 Å². The van der Waals surface area contributed by atoms with E-state index in [9.17, 15) is 24.5 Å². The first kappa shape index (κ1) is 17.1. The maximum atomic E-state index is 12.1. The Balaban J connectivity index is 2.12. The molecule has 0 aliphatic heterocycles. The molecule has 0 aliphatic carbocycles. The van der Waals surface area contributed by atoms with Crippen molar-refractivity contribution in [2.75, 3.05) is 12.4 Å². The average Bonchev–Trinajstić information content (AvgIpc) is 3.02. The smallest absolute Gasteiger partial charge is 0.413 e. The number of anilines is 1. The van der Waals surface area contributed by atoms with Crippen molar-refractivity contribution < 1.29 is 24.0 Å². The summed E-state index contributed by atoms with van der Waals surface area (Å²) in [5.74, 6) is -1.26. The zero-order chi connectivity index (χ0) is 17.7. The number of alkyl carbamates (subject to hydrolysis) is 1. The number of nitro groups is 1. The summed E-state index contributed by atoms with van der Waals surface area (Å²) in [6.45, 7) is 0. The minimum Gasteiger partial charge on any atom is -0.453 e. The standard InChI is InChI=1S/C14H11N3O6S/c1-23-14(20)16-12(19)10-6-7-24-13(10)15-11(18)8-2-4-9(5-3-8)17(21)22/h2-7H,1H3,(H,15,18)(H,16,19,20). The molecule has 0 spiro atoms. The maximum absolute atomic E-state index is 12.1. The Hall–Kier alpha value is -3.27. The van der Waals surface area contributed by atoms with E-state index in [1.165, 1.54) is 30.3 Å². The number of carbonyl (C=O) groups excluding carboxylic acids is 3. The van der Waals surface area contributed by atoms with Gasteiger partial charge >= 0.3 is 6.09 Å². The van der Waals surface area contributed by atoms with Crippen LogP contribution in [0.1, 0.15) is 20.7 Å². The highest BCUT2D eigenvalue weighted by Gasteiger charge is 2.18. The van der Waals surface area contributed by atoms with Crippen LogP contribution >= 0.6 is 11.3 Å². The summed E-state index contributed by atoms with van der Waals surface area (Å²) in [4.78, 5) is 45.1. The first-order valence-electron chi connectivity index (χ1n) is 6.45. The molecule has 0 saturated carbocycles. The van der Waals surface area contributed by atoms with Crippen LogP contribution in [-0.2, 0) is 4.74 Å². The second kappa shape index (κ2) is 7.33. The van der Waals surface area contributed by atoms with Crippen LogP contribution in [0.4, 0.5) is 15.5 Å². The molecule has 0 fully saturated rings. The largest absolute Gasteiger partial charge is 0.453 e. The monoisotopic (exact) mass is 349 g/mol. The molecular weight excluding hydrogens is 338 g/mol. The Morgan fingerprint density at radius 1 is 1.12 bits per heavy atom. The number of nitrogens with one attached hydrogen (secondary N) is 2. The van der Waals surface area contributed by atoms with Gasteiger partial charge in [0.1, 0.15) is 5.00 Å². The normalized spacial score (nSPS) is 9.88. The number of methoxy groups -OCH3 is 1. The molecule has 1 aromatic carbocycles. The lowest BCUT2D eigenvalue weighted by Crippen LogP contribution is -2.30. The van der Waals surface area contributed by atoms with Crippen molar-refractivity contribution in [1.29, 1.82) is 0 Å². The molecule has 2 aromatic rings. The van der Waals surface area contributed by atoms with E-state index in [4.69, 9.17) is 0 Å². The number of nitrogens with zero attached hydrogens (tertiary/aromatic N) is 1. The summed E-state index contributed by atoms with van der Waals surface area (Å²) in [5, 5.41) is 16.9. The summed E-state index contributed by atoms with van der Waals surface area (Å²) < 4.78 is 4.33. The summed E-state index contributed by atoms with van der Waals surface area (Å²) in [6.07, 6.45) is -0.918. The zero-order valence-electron chi connectivity index (χ0n) is 12.3. The van der Waals surface area contributed by atoms with E-state index in [0.717, 1.165) is 18.4 Å². The van der Waals surface area contributed by atoms with Crippen molar-refractivity contribution >= 4 is 39.9 Å². The Bertz CT molecular complexity index is 799. The molecule has 0 unspecified atom stereocenters. The van der Waals surface area contributed by atoms with Gasteiger partial charge in [-0.05, 0) is 23.6 Å². The highest BCUT2D eigenvalue weighted by Crippen LogP contribution is 2.24. The average molecular weight is 349 g/mol. The molecule has 0 saturated heterocycles. The summed E-state index contributed by atoms with van der Waals surface area (Å²) in [7, 11) is 1.12. The lowest BCUT2D eigenvalue weighted by atomic mass is 10.2. The number of benzene rings is 1. The predicted octanol–water partition coefficient (Wildman–Crippen LogP) is 2.40. The molecule has 3 amide bonds. The number of nitro benzene ring substituents is 1. The van der Waals surface area contributed by atoms with E-state index < -0.39 is 22.8 Å². The number of non-ortho nitro benzene ring substituents is 1. The quantitative estimate of drug-likeness (QED) is 0.644. The molecule has 0 bridgehead atoms. The fraction of sp³-hybridized carbons (Fsp3) is 0.0714. The molecule has 0 atom stereocenters. The van der Waals surface area contributed by atoms with Crippen LogP contribution < -0.4 is 10.6 Å².